The number of rotatable bonds is 2. The lowest BCUT2D eigenvalue weighted by Crippen LogP contribution is -2.32. The molecule has 1 aromatic rings. The molecule has 1 unspecified atom stereocenters. The molecular weight excluding hydrogens is 196 g/mol. The van der Waals surface area contributed by atoms with Crippen molar-refractivity contribution in [1.29, 1.82) is 0 Å². The van der Waals surface area contributed by atoms with Gasteiger partial charge in [0, 0.05) is 0 Å². The van der Waals surface area contributed by atoms with E-state index in [9.17, 15) is 4.79 Å². The summed E-state index contributed by atoms with van der Waals surface area (Å²) in [5.74, 6) is -0.227. The van der Waals surface area contributed by atoms with E-state index in [0.717, 1.165) is 0 Å². The molecule has 0 saturated heterocycles. The van der Waals surface area contributed by atoms with Gasteiger partial charge < -0.3 is 11.1 Å². The summed E-state index contributed by atoms with van der Waals surface area (Å²) in [4.78, 5) is 11.1. The Morgan fingerprint density at radius 3 is 2.92 bits per heavy atom. The summed E-state index contributed by atoms with van der Waals surface area (Å²) in [5.41, 5.74) is 5.98. The first-order valence-corrected chi connectivity index (χ1v) is 4.66. The number of hydrogen-bond acceptors (Lipinski definition) is 3. The zero-order chi connectivity index (χ0) is 9.14. The Bertz CT molecular complexity index is 285. The fourth-order valence-corrected chi connectivity index (χ4v) is 1.46. The molecular formula is C7H9ClN2OS. The van der Waals surface area contributed by atoms with Crippen LogP contribution in [0.25, 0.3) is 0 Å². The third-order valence-corrected chi connectivity index (χ3v) is 2.46. The van der Waals surface area contributed by atoms with Gasteiger partial charge in [0.15, 0.2) is 0 Å². The van der Waals surface area contributed by atoms with Crippen LogP contribution in [0.2, 0.25) is 4.34 Å². The molecule has 1 heterocycles. The summed E-state index contributed by atoms with van der Waals surface area (Å²) >= 11 is 7.12. The van der Waals surface area contributed by atoms with E-state index >= 15 is 0 Å². The zero-order valence-corrected chi connectivity index (χ0v) is 8.08. The van der Waals surface area contributed by atoms with E-state index < -0.39 is 6.04 Å². The summed E-state index contributed by atoms with van der Waals surface area (Å²) in [5, 5.41) is 4.41. The molecule has 0 aliphatic carbocycles. The average molecular weight is 205 g/mol. The number of anilines is 1. The van der Waals surface area contributed by atoms with Gasteiger partial charge in [-0.1, -0.05) is 11.6 Å². The van der Waals surface area contributed by atoms with E-state index in [-0.39, 0.29) is 5.91 Å². The van der Waals surface area contributed by atoms with E-state index in [4.69, 9.17) is 17.3 Å². The van der Waals surface area contributed by atoms with Crippen LogP contribution in [-0.4, -0.2) is 11.9 Å². The third kappa shape index (κ3) is 2.20. The Morgan fingerprint density at radius 1 is 1.83 bits per heavy atom. The highest BCUT2D eigenvalue weighted by Gasteiger charge is 2.09. The molecule has 1 amide bonds. The van der Waals surface area contributed by atoms with Gasteiger partial charge in [0.25, 0.3) is 0 Å². The molecule has 1 rings (SSSR count). The Hall–Kier alpha value is -0.580. The van der Waals surface area contributed by atoms with Crippen molar-refractivity contribution in [1.82, 2.24) is 0 Å². The van der Waals surface area contributed by atoms with Crippen molar-refractivity contribution in [2.45, 2.75) is 13.0 Å². The molecule has 0 aliphatic heterocycles. The SMILES string of the molecule is CC(N)C(=O)Nc1ccsc1Cl. The van der Waals surface area contributed by atoms with Crippen LogP contribution in [-0.2, 0) is 4.79 Å². The quantitative estimate of drug-likeness (QED) is 0.771. The molecule has 3 N–H and O–H groups in total. The van der Waals surface area contributed by atoms with Crippen molar-refractivity contribution in [2.75, 3.05) is 5.32 Å². The van der Waals surface area contributed by atoms with Crippen LogP contribution in [0.1, 0.15) is 6.92 Å². The molecule has 66 valence electrons. The highest BCUT2D eigenvalue weighted by atomic mass is 35.5. The summed E-state index contributed by atoms with van der Waals surface area (Å²) < 4.78 is 0.573. The number of hydrogen-bond donors (Lipinski definition) is 2. The minimum absolute atomic E-state index is 0.227. The van der Waals surface area contributed by atoms with Crippen LogP contribution in [0, 0.1) is 0 Å². The Morgan fingerprint density at radius 2 is 2.50 bits per heavy atom. The Balaban J connectivity index is 2.64. The highest BCUT2D eigenvalue weighted by Crippen LogP contribution is 2.27. The molecule has 1 atom stereocenters. The van der Waals surface area contributed by atoms with Crippen molar-refractivity contribution in [3.63, 3.8) is 0 Å². The lowest BCUT2D eigenvalue weighted by molar-refractivity contribution is -0.117. The second kappa shape index (κ2) is 3.89. The van der Waals surface area contributed by atoms with E-state index in [1.165, 1.54) is 11.3 Å². The molecule has 0 bridgehead atoms. The van der Waals surface area contributed by atoms with E-state index in [1.807, 2.05) is 0 Å². The summed E-state index contributed by atoms with van der Waals surface area (Å²) in [6, 6.07) is 1.23. The zero-order valence-electron chi connectivity index (χ0n) is 6.50. The van der Waals surface area contributed by atoms with Crippen molar-refractivity contribution in [2.24, 2.45) is 5.73 Å². The summed E-state index contributed by atoms with van der Waals surface area (Å²) in [6.45, 7) is 1.62. The standard InChI is InChI=1S/C7H9ClN2OS/c1-4(9)7(11)10-5-2-3-12-6(5)8/h2-4H,9H2,1H3,(H,10,11). The summed E-state index contributed by atoms with van der Waals surface area (Å²) in [7, 11) is 0. The number of nitrogens with one attached hydrogen (secondary N) is 1. The number of nitrogens with two attached hydrogens (primary N) is 1. The van der Waals surface area contributed by atoms with Crippen molar-refractivity contribution < 1.29 is 4.79 Å². The number of thiophene rings is 1. The number of carbonyl (C=O) groups is 1. The first-order valence-electron chi connectivity index (χ1n) is 3.40. The lowest BCUT2D eigenvalue weighted by Gasteiger charge is -2.05. The van der Waals surface area contributed by atoms with Crippen LogP contribution in [0.15, 0.2) is 11.4 Å². The van der Waals surface area contributed by atoms with Gasteiger partial charge in [-0.3, -0.25) is 4.79 Å². The fourth-order valence-electron chi connectivity index (χ4n) is 0.628. The van der Waals surface area contributed by atoms with Crippen molar-refractivity contribution in [3.05, 3.63) is 15.8 Å². The van der Waals surface area contributed by atoms with Crippen LogP contribution >= 0.6 is 22.9 Å². The molecule has 0 aliphatic rings. The average Bonchev–Trinajstić information content (AvgIpc) is 2.36. The number of carbonyl (C=O) groups excluding carboxylic acids is 1. The largest absolute Gasteiger partial charge is 0.323 e. The maximum absolute atomic E-state index is 11.1. The maximum atomic E-state index is 11.1. The normalized spacial score (nSPS) is 12.6. The van der Waals surface area contributed by atoms with Gasteiger partial charge in [0.2, 0.25) is 5.91 Å². The van der Waals surface area contributed by atoms with E-state index in [1.54, 1.807) is 18.4 Å². The van der Waals surface area contributed by atoms with Gasteiger partial charge in [0.05, 0.1) is 11.7 Å². The van der Waals surface area contributed by atoms with Crippen LogP contribution in [0.4, 0.5) is 5.69 Å². The number of halogens is 1. The molecule has 0 aromatic carbocycles. The fraction of sp³-hybridized carbons (Fsp3) is 0.286. The van der Waals surface area contributed by atoms with Crippen molar-refractivity contribution in [3.8, 4) is 0 Å². The second-order valence-corrected chi connectivity index (χ2v) is 3.90. The first kappa shape index (κ1) is 9.51. The Labute approximate surface area is 79.5 Å². The minimum Gasteiger partial charge on any atom is -0.323 e. The van der Waals surface area contributed by atoms with E-state index in [2.05, 4.69) is 5.32 Å². The highest BCUT2D eigenvalue weighted by molar-refractivity contribution is 7.15. The molecule has 0 radical (unpaired) electrons. The monoisotopic (exact) mass is 204 g/mol. The predicted octanol–water partition coefficient (Wildman–Crippen LogP) is 1.69. The minimum atomic E-state index is -0.513. The maximum Gasteiger partial charge on any atom is 0.241 e. The van der Waals surface area contributed by atoms with Crippen LogP contribution < -0.4 is 11.1 Å². The van der Waals surface area contributed by atoms with Crippen LogP contribution in [0.3, 0.4) is 0 Å². The molecule has 0 spiro atoms. The van der Waals surface area contributed by atoms with Gasteiger partial charge in [-0.2, -0.15) is 0 Å². The van der Waals surface area contributed by atoms with Gasteiger partial charge in [-0.05, 0) is 18.4 Å². The number of amides is 1. The third-order valence-electron chi connectivity index (χ3n) is 1.29. The topological polar surface area (TPSA) is 55.1 Å². The van der Waals surface area contributed by atoms with Gasteiger partial charge in [-0.15, -0.1) is 11.3 Å². The molecule has 12 heavy (non-hydrogen) atoms. The predicted molar refractivity (Wildman–Crippen MR) is 51.6 cm³/mol. The molecule has 5 heteroatoms. The van der Waals surface area contributed by atoms with Gasteiger partial charge in [0.1, 0.15) is 4.34 Å². The molecule has 3 nitrogen and oxygen atoms in total. The van der Waals surface area contributed by atoms with Gasteiger partial charge in [-0.25, -0.2) is 0 Å². The summed E-state index contributed by atoms with van der Waals surface area (Å²) in [6.07, 6.45) is 0. The van der Waals surface area contributed by atoms with Crippen LogP contribution in [0.5, 0.6) is 0 Å². The van der Waals surface area contributed by atoms with Gasteiger partial charge >= 0.3 is 0 Å². The smallest absolute Gasteiger partial charge is 0.241 e. The molecule has 0 fully saturated rings. The first-order chi connectivity index (χ1) is 5.61. The molecule has 1 aromatic heterocycles. The molecule has 0 saturated carbocycles. The van der Waals surface area contributed by atoms with E-state index in [0.29, 0.717) is 10.0 Å². The lowest BCUT2D eigenvalue weighted by atomic mass is 10.3. The Kier molecular flexibility index (Phi) is 3.08. The van der Waals surface area contributed by atoms with Crippen molar-refractivity contribution >= 4 is 34.5 Å². The second-order valence-electron chi connectivity index (χ2n) is 2.39.